The van der Waals surface area contributed by atoms with E-state index in [0.717, 1.165) is 12.8 Å². The monoisotopic (exact) mass is 525 g/mol. The Hall–Kier alpha value is -3.27. The molecule has 1 aliphatic carbocycles. The number of rotatable bonds is 10. The van der Waals surface area contributed by atoms with Crippen molar-refractivity contribution in [1.82, 2.24) is 25.5 Å². The lowest BCUT2D eigenvalue weighted by atomic mass is 9.86. The van der Waals surface area contributed by atoms with Gasteiger partial charge >= 0.3 is 6.03 Å². The second kappa shape index (κ2) is 13.5. The molecule has 2 fully saturated rings. The number of hydrogen-bond donors (Lipinski definition) is 2. The van der Waals surface area contributed by atoms with Crippen LogP contribution in [0.3, 0.4) is 0 Å². The number of oxazole rings is 1. The molecule has 3 amide bonds. The van der Waals surface area contributed by atoms with Gasteiger partial charge in [-0.3, -0.25) is 14.6 Å². The molecule has 1 unspecified atom stereocenters. The van der Waals surface area contributed by atoms with E-state index >= 15 is 0 Å². The average molecular weight is 526 g/mol. The van der Waals surface area contributed by atoms with Gasteiger partial charge in [0.25, 0.3) is 0 Å². The summed E-state index contributed by atoms with van der Waals surface area (Å²) in [7, 11) is 0. The van der Waals surface area contributed by atoms with Crippen molar-refractivity contribution >= 4 is 17.7 Å². The number of pyridine rings is 1. The number of ketones is 1. The molecule has 1 aliphatic heterocycles. The number of nitrogens with one attached hydrogen (secondary N) is 2. The lowest BCUT2D eigenvalue weighted by Crippen LogP contribution is -2.54. The first-order chi connectivity index (χ1) is 18.4. The van der Waals surface area contributed by atoms with Crippen molar-refractivity contribution in [1.29, 1.82) is 0 Å². The maximum atomic E-state index is 13.3. The van der Waals surface area contributed by atoms with E-state index in [2.05, 4.69) is 20.6 Å². The minimum Gasteiger partial charge on any atom is -0.433 e. The summed E-state index contributed by atoms with van der Waals surface area (Å²) in [4.78, 5) is 49.5. The summed E-state index contributed by atoms with van der Waals surface area (Å²) in [5, 5.41) is 5.57. The van der Waals surface area contributed by atoms with Crippen molar-refractivity contribution in [3.8, 4) is 11.5 Å². The van der Waals surface area contributed by atoms with Crippen LogP contribution in [0, 0.1) is 11.8 Å². The quantitative estimate of drug-likeness (QED) is 0.454. The molecule has 1 saturated carbocycles. The number of nitrogens with zero attached hydrogens (tertiary/aromatic N) is 3. The molecule has 10 nitrogen and oxygen atoms in total. The number of amides is 3. The number of carbonyl (C=O) groups is 3. The number of morpholine rings is 1. The molecule has 0 bridgehead atoms. The minimum absolute atomic E-state index is 0.171. The Morgan fingerprint density at radius 3 is 2.58 bits per heavy atom. The van der Waals surface area contributed by atoms with Crippen molar-refractivity contribution < 1.29 is 23.5 Å². The van der Waals surface area contributed by atoms with Crippen LogP contribution in [0.2, 0.25) is 0 Å². The molecule has 0 spiro atoms. The fourth-order valence-electron chi connectivity index (χ4n) is 5.07. The van der Waals surface area contributed by atoms with Crippen LogP contribution in [0.25, 0.3) is 11.5 Å². The summed E-state index contributed by atoms with van der Waals surface area (Å²) in [6.45, 7) is 5.65. The lowest BCUT2D eigenvalue weighted by Gasteiger charge is -2.29. The van der Waals surface area contributed by atoms with E-state index < -0.39 is 11.9 Å². The van der Waals surface area contributed by atoms with Crippen LogP contribution in [-0.4, -0.2) is 71.5 Å². The molecule has 2 aliphatic rings. The van der Waals surface area contributed by atoms with Crippen LogP contribution < -0.4 is 10.6 Å². The van der Waals surface area contributed by atoms with Gasteiger partial charge in [-0.15, -0.1) is 0 Å². The molecule has 1 saturated heterocycles. The number of ether oxygens (including phenoxy) is 1. The molecule has 206 valence electrons. The van der Waals surface area contributed by atoms with Crippen molar-refractivity contribution in [3.63, 3.8) is 0 Å². The van der Waals surface area contributed by atoms with E-state index in [1.54, 1.807) is 23.4 Å². The van der Waals surface area contributed by atoms with Gasteiger partial charge in [0.05, 0.1) is 31.0 Å². The van der Waals surface area contributed by atoms with Gasteiger partial charge < -0.3 is 24.7 Å². The third-order valence-electron chi connectivity index (χ3n) is 7.11. The number of aromatic nitrogens is 2. The van der Waals surface area contributed by atoms with E-state index in [-0.39, 0.29) is 30.0 Å². The Kier molecular flexibility index (Phi) is 9.86. The Morgan fingerprint density at radius 2 is 1.89 bits per heavy atom. The summed E-state index contributed by atoms with van der Waals surface area (Å²) in [6, 6.07) is 2.58. The van der Waals surface area contributed by atoms with Gasteiger partial charge in [0, 0.05) is 25.5 Å². The van der Waals surface area contributed by atoms with Crippen LogP contribution in [-0.2, 0) is 16.0 Å². The lowest BCUT2D eigenvalue weighted by molar-refractivity contribution is -0.123. The standard InChI is InChI=1S/C28H39N5O5/c1-19(2)15-23(32-28(36)33-11-13-37-14-12-33)26(35)30-18-24(34)25-22(16-20-7-4-3-5-8-20)31-27(38-25)21-9-6-10-29-17-21/h6,9-10,17,19-20,23H,3-5,7-8,11-16,18H2,1-2H3,(H,30,35)(H,32,36). The summed E-state index contributed by atoms with van der Waals surface area (Å²) >= 11 is 0. The molecule has 2 aromatic heterocycles. The molecule has 3 heterocycles. The zero-order chi connectivity index (χ0) is 26.9. The number of carbonyl (C=O) groups excluding carboxylic acids is 3. The first kappa shape index (κ1) is 27.8. The number of hydrogen-bond acceptors (Lipinski definition) is 7. The summed E-state index contributed by atoms with van der Waals surface area (Å²) in [5.74, 6) is 0.443. The zero-order valence-electron chi connectivity index (χ0n) is 22.4. The Morgan fingerprint density at radius 1 is 1.13 bits per heavy atom. The highest BCUT2D eigenvalue weighted by Gasteiger charge is 2.28. The highest BCUT2D eigenvalue weighted by atomic mass is 16.5. The number of Topliss-reactive ketones (excluding diaryl/α,β-unsaturated/α-hetero) is 1. The third kappa shape index (κ3) is 7.63. The minimum atomic E-state index is -0.750. The topological polar surface area (TPSA) is 127 Å². The second-order valence-corrected chi connectivity index (χ2v) is 10.6. The van der Waals surface area contributed by atoms with Crippen molar-refractivity contribution in [2.45, 2.75) is 64.8 Å². The van der Waals surface area contributed by atoms with Crippen molar-refractivity contribution in [2.24, 2.45) is 11.8 Å². The highest BCUT2D eigenvalue weighted by Crippen LogP contribution is 2.30. The maximum Gasteiger partial charge on any atom is 0.318 e. The smallest absolute Gasteiger partial charge is 0.318 e. The Bertz CT molecular complexity index is 1070. The van der Waals surface area contributed by atoms with Gasteiger partial charge in [-0.25, -0.2) is 9.78 Å². The summed E-state index contributed by atoms with van der Waals surface area (Å²) in [6.07, 6.45) is 10.3. The molecule has 1 atom stereocenters. The zero-order valence-corrected chi connectivity index (χ0v) is 22.4. The second-order valence-electron chi connectivity index (χ2n) is 10.6. The van der Waals surface area contributed by atoms with E-state index in [0.29, 0.717) is 62.2 Å². The van der Waals surface area contributed by atoms with Crippen LogP contribution in [0.5, 0.6) is 0 Å². The summed E-state index contributed by atoms with van der Waals surface area (Å²) in [5.41, 5.74) is 1.33. The predicted molar refractivity (Wildman–Crippen MR) is 142 cm³/mol. The van der Waals surface area contributed by atoms with E-state index in [1.165, 1.54) is 19.3 Å². The van der Waals surface area contributed by atoms with E-state index in [1.807, 2.05) is 19.9 Å². The van der Waals surface area contributed by atoms with Gasteiger partial charge in [0.15, 0.2) is 5.76 Å². The predicted octanol–water partition coefficient (Wildman–Crippen LogP) is 3.61. The van der Waals surface area contributed by atoms with Crippen LogP contribution in [0.15, 0.2) is 28.9 Å². The maximum absolute atomic E-state index is 13.3. The van der Waals surface area contributed by atoms with Gasteiger partial charge in [-0.2, -0.15) is 0 Å². The van der Waals surface area contributed by atoms with Gasteiger partial charge in [-0.1, -0.05) is 46.0 Å². The van der Waals surface area contributed by atoms with E-state index in [9.17, 15) is 14.4 Å². The molecule has 0 aromatic carbocycles. The molecule has 2 aromatic rings. The molecule has 0 radical (unpaired) electrons. The Balaban J connectivity index is 1.44. The van der Waals surface area contributed by atoms with Crippen molar-refractivity contribution in [3.05, 3.63) is 36.0 Å². The highest BCUT2D eigenvalue weighted by molar-refractivity contribution is 5.99. The molecular weight excluding hydrogens is 486 g/mol. The van der Waals surface area contributed by atoms with Gasteiger partial charge in [-0.05, 0) is 36.8 Å². The van der Waals surface area contributed by atoms with Crippen LogP contribution in [0.1, 0.15) is 68.6 Å². The summed E-state index contributed by atoms with van der Waals surface area (Å²) < 4.78 is 11.3. The third-order valence-corrected chi connectivity index (χ3v) is 7.11. The van der Waals surface area contributed by atoms with Crippen LogP contribution in [0.4, 0.5) is 4.79 Å². The first-order valence-corrected chi connectivity index (χ1v) is 13.7. The fourth-order valence-corrected chi connectivity index (χ4v) is 5.07. The molecule has 10 heteroatoms. The molecule has 2 N–H and O–H groups in total. The molecular formula is C28H39N5O5. The molecule has 4 rings (SSSR count). The van der Waals surface area contributed by atoms with Crippen LogP contribution >= 0.6 is 0 Å². The average Bonchev–Trinajstić information content (AvgIpc) is 3.36. The fraction of sp³-hybridized carbons (Fsp3) is 0.607. The van der Waals surface area contributed by atoms with Gasteiger partial charge in [0.2, 0.25) is 17.6 Å². The Labute approximate surface area is 223 Å². The van der Waals surface area contributed by atoms with Gasteiger partial charge in [0.1, 0.15) is 6.04 Å². The largest absolute Gasteiger partial charge is 0.433 e. The molecule has 38 heavy (non-hydrogen) atoms. The van der Waals surface area contributed by atoms with E-state index in [4.69, 9.17) is 9.15 Å². The normalized spacial score (nSPS) is 17.3. The number of urea groups is 1. The SMILES string of the molecule is CC(C)CC(NC(=O)N1CCOCC1)C(=O)NCC(=O)c1oc(-c2cccnc2)nc1CC1CCCCC1. The van der Waals surface area contributed by atoms with Crippen molar-refractivity contribution in [2.75, 3.05) is 32.8 Å². The first-order valence-electron chi connectivity index (χ1n) is 13.7.